The smallest absolute Gasteiger partial charge is 0.409 e. The van der Waals surface area contributed by atoms with Gasteiger partial charge in [-0.1, -0.05) is 12.1 Å². The van der Waals surface area contributed by atoms with Gasteiger partial charge in [0.05, 0.1) is 30.7 Å². The Morgan fingerprint density at radius 1 is 1.14 bits per heavy atom. The number of aromatic nitrogens is 4. The first-order valence-electron chi connectivity index (χ1n) is 10.9. The molecule has 2 amide bonds. The number of anilines is 1. The molecule has 5 rings (SSSR count). The molecule has 1 aromatic carbocycles. The van der Waals surface area contributed by atoms with Gasteiger partial charge in [0.2, 0.25) is 5.88 Å². The van der Waals surface area contributed by atoms with Crippen LogP contribution >= 0.6 is 0 Å². The summed E-state index contributed by atoms with van der Waals surface area (Å²) in [6.45, 7) is 1.08. The molecule has 3 N–H and O–H groups in total. The molecule has 35 heavy (non-hydrogen) atoms. The molecular formula is C24H22N6O5. The Hall–Kier alpha value is -4.51. The number of hydrogen-bond donors (Lipinski definition) is 3. The Morgan fingerprint density at radius 3 is 2.69 bits per heavy atom. The lowest BCUT2D eigenvalue weighted by atomic mass is 10.1. The third kappa shape index (κ3) is 4.62. The van der Waals surface area contributed by atoms with Gasteiger partial charge in [0.15, 0.2) is 5.65 Å². The molecule has 1 fully saturated rings. The van der Waals surface area contributed by atoms with Crippen molar-refractivity contribution in [2.45, 2.75) is 12.5 Å². The minimum Gasteiger partial charge on any atom is -0.470 e. The molecule has 11 heteroatoms. The number of hydrogen-bond acceptors (Lipinski definition) is 7. The molecule has 4 aromatic rings. The number of carboxylic acid groups (broad SMARTS) is 1. The molecule has 1 unspecified atom stereocenters. The molecule has 1 aliphatic heterocycles. The van der Waals surface area contributed by atoms with Crippen LogP contribution in [0.25, 0.3) is 28.0 Å². The molecular weight excluding hydrogens is 452 g/mol. The summed E-state index contributed by atoms with van der Waals surface area (Å²) in [6.07, 6.45) is 4.27. The summed E-state index contributed by atoms with van der Waals surface area (Å²) >= 11 is 0. The molecule has 1 aliphatic rings. The van der Waals surface area contributed by atoms with E-state index in [1.807, 2.05) is 6.07 Å². The molecule has 0 aliphatic carbocycles. The topological polar surface area (TPSA) is 140 Å². The van der Waals surface area contributed by atoms with Gasteiger partial charge in [-0.05, 0) is 29.8 Å². The first-order chi connectivity index (χ1) is 17.0. The first kappa shape index (κ1) is 22.3. The third-order valence-corrected chi connectivity index (χ3v) is 5.60. The van der Waals surface area contributed by atoms with Crippen LogP contribution in [0.1, 0.15) is 16.8 Å². The molecule has 3 aromatic heterocycles. The second-order valence-corrected chi connectivity index (χ2v) is 7.93. The highest BCUT2D eigenvalue weighted by molar-refractivity contribution is 5.94. The minimum atomic E-state index is -1.13. The number of fused-ring (bicyclic) bond motifs is 1. The lowest BCUT2D eigenvalue weighted by molar-refractivity contribution is 0.0962. The maximum atomic E-state index is 12.1. The van der Waals surface area contributed by atoms with Gasteiger partial charge in [-0.15, -0.1) is 5.10 Å². The highest BCUT2D eigenvalue weighted by Gasteiger charge is 2.22. The average molecular weight is 474 g/mol. The van der Waals surface area contributed by atoms with Gasteiger partial charge < -0.3 is 19.9 Å². The Balaban J connectivity index is 1.59. The van der Waals surface area contributed by atoms with E-state index in [1.165, 1.54) is 6.20 Å². The fourth-order valence-electron chi connectivity index (χ4n) is 3.86. The predicted molar refractivity (Wildman–Crippen MR) is 127 cm³/mol. The lowest BCUT2D eigenvalue weighted by Gasteiger charge is -2.16. The van der Waals surface area contributed by atoms with E-state index in [-0.39, 0.29) is 12.0 Å². The van der Waals surface area contributed by atoms with Crippen LogP contribution in [-0.4, -0.2) is 63.1 Å². The monoisotopic (exact) mass is 474 g/mol. The largest absolute Gasteiger partial charge is 0.470 e. The van der Waals surface area contributed by atoms with Gasteiger partial charge in [0.1, 0.15) is 6.10 Å². The van der Waals surface area contributed by atoms with Gasteiger partial charge in [0, 0.05) is 42.7 Å². The number of carbonyl (C=O) groups excluding carboxylic acids is 1. The van der Waals surface area contributed by atoms with Gasteiger partial charge in [-0.2, -0.15) is 0 Å². The third-order valence-electron chi connectivity index (χ3n) is 5.60. The van der Waals surface area contributed by atoms with E-state index in [0.29, 0.717) is 52.8 Å². The normalized spacial score (nSPS) is 15.2. The second kappa shape index (κ2) is 9.39. The van der Waals surface area contributed by atoms with Crippen molar-refractivity contribution in [2.24, 2.45) is 0 Å². The highest BCUT2D eigenvalue weighted by Crippen LogP contribution is 2.33. The maximum Gasteiger partial charge on any atom is 0.409 e. The number of carbonyl (C=O) groups is 2. The lowest BCUT2D eigenvalue weighted by Crippen LogP contribution is -2.18. The zero-order valence-electron chi connectivity index (χ0n) is 18.8. The zero-order valence-corrected chi connectivity index (χ0v) is 18.8. The number of pyridine rings is 1. The molecule has 0 bridgehead atoms. The van der Waals surface area contributed by atoms with Crippen molar-refractivity contribution in [1.29, 1.82) is 0 Å². The van der Waals surface area contributed by atoms with Crippen LogP contribution < -0.4 is 15.4 Å². The maximum absolute atomic E-state index is 12.1. The molecule has 0 saturated carbocycles. The molecule has 11 nitrogen and oxygen atoms in total. The van der Waals surface area contributed by atoms with Crippen molar-refractivity contribution in [1.82, 2.24) is 24.9 Å². The number of benzene rings is 1. The van der Waals surface area contributed by atoms with E-state index in [9.17, 15) is 9.59 Å². The Morgan fingerprint density at radius 2 is 1.97 bits per heavy atom. The SMILES string of the molecule is CNC(=O)c1cncc(-c2cnc3cc(-c4ccc(NC(=O)O)cc4)c(OC4CCOC4)nn23)c1. The summed E-state index contributed by atoms with van der Waals surface area (Å²) in [6, 6.07) is 10.5. The van der Waals surface area contributed by atoms with E-state index in [0.717, 1.165) is 12.0 Å². The molecule has 1 atom stereocenters. The number of amides is 2. The van der Waals surface area contributed by atoms with E-state index in [1.54, 1.807) is 54.3 Å². The van der Waals surface area contributed by atoms with Crippen LogP contribution in [0.15, 0.2) is 55.0 Å². The van der Waals surface area contributed by atoms with Crippen LogP contribution in [0, 0.1) is 0 Å². The first-order valence-corrected chi connectivity index (χ1v) is 10.9. The Bertz CT molecular complexity index is 1400. The fourth-order valence-corrected chi connectivity index (χ4v) is 3.86. The van der Waals surface area contributed by atoms with Crippen LogP contribution in [0.4, 0.5) is 10.5 Å². The van der Waals surface area contributed by atoms with Crippen molar-refractivity contribution in [3.8, 4) is 28.3 Å². The summed E-state index contributed by atoms with van der Waals surface area (Å²) in [4.78, 5) is 31.7. The summed E-state index contributed by atoms with van der Waals surface area (Å²) < 4.78 is 13.3. The summed E-state index contributed by atoms with van der Waals surface area (Å²) in [5.74, 6) is 0.149. The van der Waals surface area contributed by atoms with Crippen molar-refractivity contribution in [2.75, 3.05) is 25.6 Å². The Labute approximate surface area is 199 Å². The minimum absolute atomic E-state index is 0.142. The van der Waals surface area contributed by atoms with Gasteiger partial charge in [-0.25, -0.2) is 14.3 Å². The van der Waals surface area contributed by atoms with Crippen molar-refractivity contribution < 1.29 is 24.2 Å². The van der Waals surface area contributed by atoms with Crippen molar-refractivity contribution in [3.05, 3.63) is 60.6 Å². The van der Waals surface area contributed by atoms with E-state index in [4.69, 9.17) is 19.7 Å². The van der Waals surface area contributed by atoms with Crippen LogP contribution in [0.3, 0.4) is 0 Å². The van der Waals surface area contributed by atoms with Crippen LogP contribution in [-0.2, 0) is 4.74 Å². The van der Waals surface area contributed by atoms with Crippen molar-refractivity contribution in [3.63, 3.8) is 0 Å². The van der Waals surface area contributed by atoms with Gasteiger partial charge >= 0.3 is 6.09 Å². The number of imidazole rings is 1. The quantitative estimate of drug-likeness (QED) is 0.387. The van der Waals surface area contributed by atoms with Gasteiger partial charge in [-0.3, -0.25) is 15.1 Å². The molecule has 178 valence electrons. The van der Waals surface area contributed by atoms with E-state index in [2.05, 4.69) is 20.6 Å². The number of rotatable bonds is 6. The number of ether oxygens (including phenoxy) is 2. The number of nitrogens with zero attached hydrogens (tertiary/aromatic N) is 4. The Kier molecular flexibility index (Phi) is 5.98. The van der Waals surface area contributed by atoms with Gasteiger partial charge in [0.25, 0.3) is 5.91 Å². The van der Waals surface area contributed by atoms with E-state index < -0.39 is 6.09 Å². The summed E-state index contributed by atoms with van der Waals surface area (Å²) in [5.41, 5.74) is 4.28. The van der Waals surface area contributed by atoms with Crippen LogP contribution in [0.5, 0.6) is 5.88 Å². The standard InChI is InChI=1S/C24H22N6O5/c1-25-22(31)16-8-15(10-26-11-16)20-12-27-21-9-19(14-2-4-17(5-3-14)28-24(32)33)23(29-30(20)21)35-18-6-7-34-13-18/h2-5,8-12,18,28H,6-7,13H2,1H3,(H,25,31)(H,32,33). The zero-order chi connectivity index (χ0) is 24.4. The molecule has 4 heterocycles. The molecule has 1 saturated heterocycles. The fraction of sp³-hybridized carbons (Fsp3) is 0.208. The summed E-state index contributed by atoms with van der Waals surface area (Å²) in [5, 5.41) is 18.6. The van der Waals surface area contributed by atoms with E-state index >= 15 is 0 Å². The number of nitrogens with one attached hydrogen (secondary N) is 2. The average Bonchev–Trinajstić information content (AvgIpc) is 3.53. The predicted octanol–water partition coefficient (Wildman–Crippen LogP) is 3.08. The van der Waals surface area contributed by atoms with Crippen molar-refractivity contribution >= 4 is 23.3 Å². The second-order valence-electron chi connectivity index (χ2n) is 7.93. The molecule has 0 radical (unpaired) electrons. The van der Waals surface area contributed by atoms with Crippen LogP contribution in [0.2, 0.25) is 0 Å². The highest BCUT2D eigenvalue weighted by atomic mass is 16.5. The molecule has 0 spiro atoms. The summed E-state index contributed by atoms with van der Waals surface area (Å²) in [7, 11) is 1.56.